The van der Waals surface area contributed by atoms with E-state index in [1.54, 1.807) is 18.4 Å². The number of thiazole rings is 1. The first kappa shape index (κ1) is 16.6. The summed E-state index contributed by atoms with van der Waals surface area (Å²) >= 11 is 1.66. The van der Waals surface area contributed by atoms with Gasteiger partial charge in [0.05, 0.1) is 18.8 Å². The van der Waals surface area contributed by atoms with Crippen molar-refractivity contribution in [3.63, 3.8) is 0 Å². The van der Waals surface area contributed by atoms with Gasteiger partial charge in [-0.1, -0.05) is 0 Å². The summed E-state index contributed by atoms with van der Waals surface area (Å²) in [6.07, 6.45) is 2.56. The summed E-state index contributed by atoms with van der Waals surface area (Å²) in [5.74, 6) is 1.15. The SMILES string of the molecule is COCC(C)NC(N)=NCc1nc(C2CC2)cs1.I. The Kier molecular flexibility index (Phi) is 7.01. The van der Waals surface area contributed by atoms with E-state index in [9.17, 15) is 0 Å². The molecule has 5 nitrogen and oxygen atoms in total. The number of nitrogens with zero attached hydrogens (tertiary/aromatic N) is 2. The summed E-state index contributed by atoms with van der Waals surface area (Å²) in [5, 5.41) is 6.24. The Labute approximate surface area is 135 Å². The number of ether oxygens (including phenoxy) is 1. The first-order chi connectivity index (χ1) is 8.69. The average Bonchev–Trinajstić information content (AvgIpc) is 3.06. The highest BCUT2D eigenvalue weighted by atomic mass is 127. The minimum atomic E-state index is 0. The number of aromatic nitrogens is 1. The lowest BCUT2D eigenvalue weighted by Gasteiger charge is -2.12. The molecular formula is C12H21IN4OS. The Bertz CT molecular complexity index is 420. The van der Waals surface area contributed by atoms with Crippen molar-refractivity contribution >= 4 is 41.3 Å². The molecule has 3 N–H and O–H groups in total. The summed E-state index contributed by atoms with van der Waals surface area (Å²) in [7, 11) is 1.67. The number of nitrogens with two attached hydrogens (primary N) is 1. The number of hydrogen-bond donors (Lipinski definition) is 2. The van der Waals surface area contributed by atoms with Crippen molar-refractivity contribution in [2.45, 2.75) is 38.3 Å². The lowest BCUT2D eigenvalue weighted by atomic mass is 10.3. The van der Waals surface area contributed by atoms with Crippen molar-refractivity contribution in [1.29, 1.82) is 0 Å². The third-order valence-corrected chi connectivity index (χ3v) is 3.61. The highest BCUT2D eigenvalue weighted by Crippen LogP contribution is 2.40. The Hall–Kier alpha value is -0.410. The van der Waals surface area contributed by atoms with Crippen molar-refractivity contribution < 1.29 is 4.74 Å². The van der Waals surface area contributed by atoms with Crippen LogP contribution >= 0.6 is 35.3 Å². The monoisotopic (exact) mass is 396 g/mol. The molecule has 0 radical (unpaired) electrons. The Morgan fingerprint density at radius 3 is 3.05 bits per heavy atom. The highest BCUT2D eigenvalue weighted by molar-refractivity contribution is 14.0. The molecule has 1 heterocycles. The van der Waals surface area contributed by atoms with Gasteiger partial charge in [-0.05, 0) is 19.8 Å². The molecule has 1 unspecified atom stereocenters. The molecule has 1 aliphatic rings. The number of methoxy groups -OCH3 is 1. The molecule has 1 saturated carbocycles. The average molecular weight is 396 g/mol. The summed E-state index contributed by atoms with van der Waals surface area (Å²) < 4.78 is 5.02. The molecule has 2 rings (SSSR count). The molecule has 1 aliphatic carbocycles. The van der Waals surface area contributed by atoms with E-state index in [0.29, 0.717) is 25.0 Å². The van der Waals surface area contributed by atoms with Gasteiger partial charge in [0.15, 0.2) is 5.96 Å². The molecule has 19 heavy (non-hydrogen) atoms. The van der Waals surface area contributed by atoms with Crippen LogP contribution in [0.15, 0.2) is 10.4 Å². The largest absolute Gasteiger partial charge is 0.383 e. The first-order valence-corrected chi connectivity index (χ1v) is 7.06. The van der Waals surface area contributed by atoms with Crippen LogP contribution in [-0.2, 0) is 11.3 Å². The van der Waals surface area contributed by atoms with E-state index in [1.807, 2.05) is 6.92 Å². The van der Waals surface area contributed by atoms with Crippen LogP contribution in [0.1, 0.15) is 36.4 Å². The van der Waals surface area contributed by atoms with E-state index < -0.39 is 0 Å². The summed E-state index contributed by atoms with van der Waals surface area (Å²) in [6, 6.07) is 0.164. The number of hydrogen-bond acceptors (Lipinski definition) is 4. The number of halogens is 1. The quantitative estimate of drug-likeness (QED) is 0.439. The predicted octanol–water partition coefficient (Wildman–Crippen LogP) is 2.08. The smallest absolute Gasteiger partial charge is 0.189 e. The second-order valence-electron chi connectivity index (χ2n) is 4.64. The third-order valence-electron chi connectivity index (χ3n) is 2.76. The van der Waals surface area contributed by atoms with Crippen molar-refractivity contribution in [3.8, 4) is 0 Å². The summed E-state index contributed by atoms with van der Waals surface area (Å²) in [6.45, 7) is 3.16. The fraction of sp³-hybridized carbons (Fsp3) is 0.667. The molecule has 1 fully saturated rings. The van der Waals surface area contributed by atoms with Gasteiger partial charge in [0, 0.05) is 24.4 Å². The van der Waals surface area contributed by atoms with Crippen molar-refractivity contribution in [2.24, 2.45) is 10.7 Å². The maximum absolute atomic E-state index is 5.79. The highest BCUT2D eigenvalue weighted by Gasteiger charge is 2.25. The van der Waals surface area contributed by atoms with Gasteiger partial charge >= 0.3 is 0 Å². The molecule has 1 aromatic rings. The second-order valence-corrected chi connectivity index (χ2v) is 5.59. The molecule has 7 heteroatoms. The number of guanidine groups is 1. The number of aliphatic imine (C=N–C) groups is 1. The van der Waals surface area contributed by atoms with Gasteiger partial charge in [-0.3, -0.25) is 0 Å². The zero-order chi connectivity index (χ0) is 13.0. The van der Waals surface area contributed by atoms with Gasteiger partial charge in [-0.2, -0.15) is 0 Å². The van der Waals surface area contributed by atoms with Crippen LogP contribution in [0.3, 0.4) is 0 Å². The van der Waals surface area contributed by atoms with Gasteiger partial charge in [0.1, 0.15) is 5.01 Å². The number of rotatable bonds is 6. The van der Waals surface area contributed by atoms with E-state index >= 15 is 0 Å². The van der Waals surface area contributed by atoms with Crippen molar-refractivity contribution in [2.75, 3.05) is 13.7 Å². The maximum Gasteiger partial charge on any atom is 0.189 e. The van der Waals surface area contributed by atoms with Gasteiger partial charge in [0.25, 0.3) is 0 Å². The molecule has 0 saturated heterocycles. The molecule has 0 spiro atoms. The number of nitrogens with one attached hydrogen (secondary N) is 1. The van der Waals surface area contributed by atoms with Crippen LogP contribution < -0.4 is 11.1 Å². The topological polar surface area (TPSA) is 72.5 Å². The lowest BCUT2D eigenvalue weighted by molar-refractivity contribution is 0.179. The van der Waals surface area contributed by atoms with Crippen molar-refractivity contribution in [3.05, 3.63) is 16.1 Å². The maximum atomic E-state index is 5.79. The first-order valence-electron chi connectivity index (χ1n) is 6.18. The van der Waals surface area contributed by atoms with E-state index in [-0.39, 0.29) is 30.0 Å². The zero-order valence-corrected chi connectivity index (χ0v) is 14.4. The van der Waals surface area contributed by atoms with Gasteiger partial charge < -0.3 is 15.8 Å². The van der Waals surface area contributed by atoms with E-state index in [4.69, 9.17) is 10.5 Å². The van der Waals surface area contributed by atoms with E-state index in [1.165, 1.54) is 18.5 Å². The van der Waals surface area contributed by atoms with Crippen molar-refractivity contribution in [1.82, 2.24) is 10.3 Å². The Morgan fingerprint density at radius 1 is 1.68 bits per heavy atom. The molecule has 0 amide bonds. The fourth-order valence-electron chi connectivity index (χ4n) is 1.71. The normalized spacial score (nSPS) is 16.8. The zero-order valence-electron chi connectivity index (χ0n) is 11.3. The predicted molar refractivity (Wildman–Crippen MR) is 89.3 cm³/mol. The Morgan fingerprint density at radius 2 is 2.42 bits per heavy atom. The summed E-state index contributed by atoms with van der Waals surface area (Å²) in [4.78, 5) is 8.85. The standard InChI is InChI=1S/C12H20N4OS.HI/c1-8(6-17-2)15-12(13)14-5-11-16-10(7-18-11)9-3-4-9;/h7-9H,3-6H2,1-2H3,(H3,13,14,15);1H. The van der Waals surface area contributed by atoms with Crippen LogP contribution in [0.2, 0.25) is 0 Å². The second kappa shape index (κ2) is 8.01. The minimum Gasteiger partial charge on any atom is -0.383 e. The molecule has 1 atom stereocenters. The minimum absolute atomic E-state index is 0. The van der Waals surface area contributed by atoms with Gasteiger partial charge in [-0.25, -0.2) is 9.98 Å². The third kappa shape index (κ3) is 5.62. The van der Waals surface area contributed by atoms with Crippen LogP contribution in [-0.4, -0.2) is 30.7 Å². The molecule has 0 aromatic carbocycles. The van der Waals surface area contributed by atoms with E-state index in [2.05, 4.69) is 20.7 Å². The van der Waals surface area contributed by atoms with Gasteiger partial charge in [0.2, 0.25) is 0 Å². The molecule has 1 aromatic heterocycles. The molecule has 0 bridgehead atoms. The van der Waals surface area contributed by atoms with Gasteiger partial charge in [-0.15, -0.1) is 35.3 Å². The van der Waals surface area contributed by atoms with Crippen LogP contribution in [0.5, 0.6) is 0 Å². The molecule has 0 aliphatic heterocycles. The van der Waals surface area contributed by atoms with Crippen LogP contribution in [0.25, 0.3) is 0 Å². The lowest BCUT2D eigenvalue weighted by Crippen LogP contribution is -2.40. The Balaban J connectivity index is 0.00000180. The van der Waals surface area contributed by atoms with E-state index in [0.717, 1.165) is 5.01 Å². The van der Waals surface area contributed by atoms with Crippen LogP contribution in [0, 0.1) is 0 Å². The summed E-state index contributed by atoms with van der Waals surface area (Å²) in [5.41, 5.74) is 7.02. The molecule has 108 valence electrons. The molecular weight excluding hydrogens is 375 g/mol. The van der Waals surface area contributed by atoms with Crippen LogP contribution in [0.4, 0.5) is 0 Å². The fourth-order valence-corrected chi connectivity index (χ4v) is 2.51.